The van der Waals surface area contributed by atoms with Gasteiger partial charge in [-0.25, -0.2) is 18.2 Å². The van der Waals surface area contributed by atoms with Gasteiger partial charge >= 0.3 is 0 Å². The van der Waals surface area contributed by atoms with E-state index in [2.05, 4.69) is 4.98 Å². The van der Waals surface area contributed by atoms with E-state index in [1.807, 2.05) is 0 Å². The van der Waals surface area contributed by atoms with Gasteiger partial charge < -0.3 is 9.64 Å². The highest BCUT2D eigenvalue weighted by Gasteiger charge is 2.47. The Hall–Kier alpha value is -2.65. The number of carbonyl (C=O) groups is 2. The standard InChI is InChI=1S/C21H19ClF3N3O3/c1-21(24,25)14-4-2-12(3-5-14)8-27-17(29)9-28(19-16(23)6-15(22)7-26-19)20(30)18(27)13-10-31-11-13/h2-7,13,18H,8-11H2,1H3/t18-/m0/s1. The highest BCUT2D eigenvalue weighted by atomic mass is 35.5. The summed E-state index contributed by atoms with van der Waals surface area (Å²) in [5.74, 6) is -5.18. The number of anilines is 1. The largest absolute Gasteiger partial charge is 0.380 e. The number of benzene rings is 1. The third kappa shape index (κ3) is 4.24. The van der Waals surface area contributed by atoms with Gasteiger partial charge in [0.25, 0.3) is 11.8 Å². The van der Waals surface area contributed by atoms with Gasteiger partial charge in [-0.15, -0.1) is 0 Å². The van der Waals surface area contributed by atoms with E-state index in [0.29, 0.717) is 5.56 Å². The number of carbonyl (C=O) groups excluding carboxylic acids is 2. The van der Waals surface area contributed by atoms with E-state index in [1.165, 1.54) is 35.4 Å². The minimum Gasteiger partial charge on any atom is -0.380 e. The minimum atomic E-state index is -2.97. The summed E-state index contributed by atoms with van der Waals surface area (Å²) in [6, 6.07) is 5.76. The van der Waals surface area contributed by atoms with Gasteiger partial charge in [-0.1, -0.05) is 35.9 Å². The Morgan fingerprint density at radius 2 is 1.90 bits per heavy atom. The van der Waals surface area contributed by atoms with Crippen molar-refractivity contribution in [1.82, 2.24) is 9.88 Å². The normalized spacial score (nSPS) is 20.2. The molecule has 2 fully saturated rings. The number of piperazine rings is 1. The van der Waals surface area contributed by atoms with Crippen molar-refractivity contribution in [3.63, 3.8) is 0 Å². The molecule has 164 valence electrons. The van der Waals surface area contributed by atoms with Gasteiger partial charge in [0.15, 0.2) is 11.6 Å². The maximum atomic E-state index is 14.4. The van der Waals surface area contributed by atoms with E-state index >= 15 is 0 Å². The van der Waals surface area contributed by atoms with E-state index in [4.69, 9.17) is 16.3 Å². The molecule has 2 amide bonds. The lowest BCUT2D eigenvalue weighted by atomic mass is 9.92. The lowest BCUT2D eigenvalue weighted by Gasteiger charge is -2.45. The molecule has 1 aromatic heterocycles. The van der Waals surface area contributed by atoms with Crippen LogP contribution in [0.4, 0.5) is 19.0 Å². The van der Waals surface area contributed by atoms with Crippen molar-refractivity contribution in [2.24, 2.45) is 5.92 Å². The van der Waals surface area contributed by atoms with Crippen LogP contribution in [0.3, 0.4) is 0 Å². The molecule has 2 aliphatic rings. The first-order valence-corrected chi connectivity index (χ1v) is 10.00. The number of aromatic nitrogens is 1. The van der Waals surface area contributed by atoms with Gasteiger partial charge in [0.1, 0.15) is 12.6 Å². The van der Waals surface area contributed by atoms with Crippen LogP contribution < -0.4 is 4.90 Å². The number of amides is 2. The first-order chi connectivity index (χ1) is 14.6. The summed E-state index contributed by atoms with van der Waals surface area (Å²) in [6.45, 7) is 1.04. The molecule has 0 radical (unpaired) electrons. The van der Waals surface area contributed by atoms with Crippen molar-refractivity contribution in [3.8, 4) is 0 Å². The lowest BCUT2D eigenvalue weighted by Crippen LogP contribution is -2.65. The van der Waals surface area contributed by atoms with Crippen molar-refractivity contribution >= 4 is 29.2 Å². The van der Waals surface area contributed by atoms with Crippen LogP contribution in [-0.4, -0.2) is 47.5 Å². The molecule has 6 nitrogen and oxygen atoms in total. The van der Waals surface area contributed by atoms with E-state index in [1.54, 1.807) is 0 Å². The smallest absolute Gasteiger partial charge is 0.270 e. The number of halogens is 4. The molecule has 2 aliphatic heterocycles. The van der Waals surface area contributed by atoms with Gasteiger partial charge in [0, 0.05) is 31.1 Å². The van der Waals surface area contributed by atoms with Crippen molar-refractivity contribution in [1.29, 1.82) is 0 Å². The molecule has 0 bridgehead atoms. The first kappa shape index (κ1) is 21.6. The van der Waals surface area contributed by atoms with Crippen molar-refractivity contribution in [2.45, 2.75) is 25.4 Å². The summed E-state index contributed by atoms with van der Waals surface area (Å²) in [6.07, 6.45) is 1.20. The molecule has 4 rings (SSSR count). The van der Waals surface area contributed by atoms with Crippen LogP contribution in [0.2, 0.25) is 5.02 Å². The van der Waals surface area contributed by atoms with E-state index in [0.717, 1.165) is 17.9 Å². The SMILES string of the molecule is CC(F)(F)c1ccc(CN2C(=O)CN(c3ncc(Cl)cc3F)C(=O)[C@@H]2C2COC2)cc1. The summed E-state index contributed by atoms with van der Waals surface area (Å²) < 4.78 is 46.5. The number of nitrogens with zero attached hydrogens (tertiary/aromatic N) is 3. The summed E-state index contributed by atoms with van der Waals surface area (Å²) in [7, 11) is 0. The molecule has 0 aliphatic carbocycles. The molecule has 1 atom stereocenters. The van der Waals surface area contributed by atoms with E-state index in [-0.39, 0.29) is 48.6 Å². The monoisotopic (exact) mass is 453 g/mol. The number of rotatable bonds is 5. The maximum Gasteiger partial charge on any atom is 0.270 e. The maximum absolute atomic E-state index is 14.4. The Morgan fingerprint density at radius 3 is 2.45 bits per heavy atom. The van der Waals surface area contributed by atoms with Crippen LogP contribution >= 0.6 is 11.6 Å². The molecule has 10 heteroatoms. The average molecular weight is 454 g/mol. The summed E-state index contributed by atoms with van der Waals surface area (Å²) in [4.78, 5) is 32.6. The van der Waals surface area contributed by atoms with Gasteiger partial charge in [-0.2, -0.15) is 0 Å². The van der Waals surface area contributed by atoms with Gasteiger partial charge in [0.2, 0.25) is 5.91 Å². The highest BCUT2D eigenvalue weighted by Crippen LogP contribution is 2.31. The molecule has 2 saturated heterocycles. The topological polar surface area (TPSA) is 62.7 Å². The number of pyridine rings is 1. The molecule has 3 heterocycles. The molecule has 31 heavy (non-hydrogen) atoms. The quantitative estimate of drug-likeness (QED) is 0.696. The molecule has 2 aromatic rings. The third-order valence-electron chi connectivity index (χ3n) is 5.44. The molecule has 0 unspecified atom stereocenters. The van der Waals surface area contributed by atoms with E-state index in [9.17, 15) is 22.8 Å². The van der Waals surface area contributed by atoms with Crippen molar-refractivity contribution < 1.29 is 27.5 Å². The van der Waals surface area contributed by atoms with Gasteiger partial charge in [-0.05, 0) is 11.6 Å². The number of alkyl halides is 2. The van der Waals surface area contributed by atoms with Gasteiger partial charge in [-0.3, -0.25) is 14.5 Å². The average Bonchev–Trinajstić information content (AvgIpc) is 2.66. The second kappa shape index (κ2) is 8.12. The minimum absolute atomic E-state index is 0.0612. The molecule has 0 spiro atoms. The Kier molecular flexibility index (Phi) is 5.65. The van der Waals surface area contributed by atoms with Crippen LogP contribution in [0.5, 0.6) is 0 Å². The first-order valence-electron chi connectivity index (χ1n) is 9.62. The number of ether oxygens (including phenoxy) is 1. The third-order valence-corrected chi connectivity index (χ3v) is 5.64. The zero-order valence-electron chi connectivity index (χ0n) is 16.5. The van der Waals surface area contributed by atoms with Gasteiger partial charge in [0.05, 0.1) is 18.2 Å². The fourth-order valence-corrected chi connectivity index (χ4v) is 3.86. The van der Waals surface area contributed by atoms with Crippen LogP contribution in [0, 0.1) is 11.7 Å². The Labute approximate surface area is 181 Å². The Bertz CT molecular complexity index is 1010. The molecular weight excluding hydrogens is 435 g/mol. The summed E-state index contributed by atoms with van der Waals surface area (Å²) in [5, 5.41) is 0.0729. The predicted molar refractivity (Wildman–Crippen MR) is 106 cm³/mol. The zero-order chi connectivity index (χ0) is 22.3. The fraction of sp³-hybridized carbons (Fsp3) is 0.381. The molecule has 0 N–H and O–H groups in total. The van der Waals surface area contributed by atoms with Crippen molar-refractivity contribution in [2.75, 3.05) is 24.7 Å². The Morgan fingerprint density at radius 1 is 1.23 bits per heavy atom. The predicted octanol–water partition coefficient (Wildman–Crippen LogP) is 3.38. The lowest BCUT2D eigenvalue weighted by molar-refractivity contribution is -0.155. The van der Waals surface area contributed by atoms with Crippen LogP contribution in [0.15, 0.2) is 36.5 Å². The zero-order valence-corrected chi connectivity index (χ0v) is 17.3. The summed E-state index contributed by atoms with van der Waals surface area (Å²) in [5.41, 5.74) is 0.459. The molecular formula is C21H19ClF3N3O3. The van der Waals surface area contributed by atoms with Crippen LogP contribution in [0.1, 0.15) is 18.1 Å². The molecule has 1 aromatic carbocycles. The number of hydrogen-bond acceptors (Lipinski definition) is 4. The second-order valence-electron chi connectivity index (χ2n) is 7.73. The highest BCUT2D eigenvalue weighted by molar-refractivity contribution is 6.30. The molecule has 0 saturated carbocycles. The number of hydrogen-bond donors (Lipinski definition) is 0. The van der Waals surface area contributed by atoms with Crippen LogP contribution in [-0.2, 0) is 26.8 Å². The fourth-order valence-electron chi connectivity index (χ4n) is 3.72. The van der Waals surface area contributed by atoms with Crippen molar-refractivity contribution in [3.05, 3.63) is 58.5 Å². The van der Waals surface area contributed by atoms with Crippen LogP contribution in [0.25, 0.3) is 0 Å². The Balaban J connectivity index is 1.61. The second-order valence-corrected chi connectivity index (χ2v) is 8.17. The van der Waals surface area contributed by atoms with E-state index < -0.39 is 29.6 Å². The summed E-state index contributed by atoms with van der Waals surface area (Å²) >= 11 is 5.74.